The molecule has 0 radical (unpaired) electrons. The summed E-state index contributed by atoms with van der Waals surface area (Å²) in [7, 11) is 0. The molecular weight excluding hydrogens is 671 g/mol. The second kappa shape index (κ2) is 11.3. The smallest absolute Gasteiger partial charge is 0.418 e. The molecule has 0 saturated carbocycles. The number of hydrogen-bond acceptors (Lipinski definition) is 7. The number of nitrogens with one attached hydrogen (secondary N) is 2. The zero-order valence-electron chi connectivity index (χ0n) is 21.7. The van der Waals surface area contributed by atoms with Crippen molar-refractivity contribution in [3.63, 3.8) is 0 Å². The van der Waals surface area contributed by atoms with Gasteiger partial charge in [-0.3, -0.25) is 19.2 Å². The first kappa shape index (κ1) is 29.2. The fraction of sp³-hybridized carbons (Fsp3) is 0.172. The number of nitrogens with zero attached hydrogens (tertiary/aromatic N) is 1. The van der Waals surface area contributed by atoms with Gasteiger partial charge in [-0.1, -0.05) is 63.3 Å². The number of H-pyrrole nitrogens is 1. The quantitative estimate of drug-likeness (QED) is 0.240. The van der Waals surface area contributed by atoms with E-state index >= 15 is 0 Å². The van der Waals surface area contributed by atoms with Gasteiger partial charge in [0.1, 0.15) is 11.0 Å². The molecule has 0 bridgehead atoms. The number of amides is 3. The topological polar surface area (TPSA) is 109 Å². The van der Waals surface area contributed by atoms with Crippen LogP contribution >= 0.6 is 39.0 Å². The molecule has 2 N–H and O–H groups in total. The number of anilines is 2. The van der Waals surface area contributed by atoms with Crippen LogP contribution in [-0.2, 0) is 20.6 Å². The van der Waals surface area contributed by atoms with Crippen LogP contribution in [0.5, 0.6) is 5.75 Å². The molecule has 2 aliphatic rings. The Morgan fingerprint density at radius 1 is 1.00 bits per heavy atom. The molecule has 1 aromatic heterocycles. The van der Waals surface area contributed by atoms with Gasteiger partial charge in [0.2, 0.25) is 11.8 Å². The van der Waals surface area contributed by atoms with E-state index in [1.165, 1.54) is 17.0 Å². The number of para-hydroxylation sites is 1. The summed E-state index contributed by atoms with van der Waals surface area (Å²) in [5.74, 6) is -2.87. The zero-order chi connectivity index (χ0) is 30.5. The molecule has 2 aliphatic heterocycles. The Bertz CT molecular complexity index is 1810. The van der Waals surface area contributed by atoms with Gasteiger partial charge in [0, 0.05) is 15.3 Å². The lowest BCUT2D eigenvalue weighted by atomic mass is 9.83. The van der Waals surface area contributed by atoms with Gasteiger partial charge in [0.05, 0.1) is 27.9 Å². The van der Waals surface area contributed by atoms with E-state index in [4.69, 9.17) is 4.74 Å². The van der Waals surface area contributed by atoms with Crippen LogP contribution in [0.3, 0.4) is 0 Å². The number of fused-ring (bicyclic) bond motifs is 2. The number of hydrogen-bond donors (Lipinski definition) is 2. The number of carbonyl (C=O) groups excluding carboxylic acids is 3. The summed E-state index contributed by atoms with van der Waals surface area (Å²) in [4.78, 5) is 56.5. The van der Waals surface area contributed by atoms with Gasteiger partial charge in [-0.15, -0.1) is 0 Å². The van der Waals surface area contributed by atoms with Crippen molar-refractivity contribution in [2.75, 3.05) is 16.8 Å². The van der Waals surface area contributed by atoms with Gasteiger partial charge in [0.25, 0.3) is 5.91 Å². The number of alkyl halides is 3. The molecular formula is C29H19BrF3N3O5S2. The van der Waals surface area contributed by atoms with Crippen LogP contribution in [0, 0.1) is 5.92 Å². The van der Waals surface area contributed by atoms with Crippen molar-refractivity contribution in [3.8, 4) is 5.75 Å². The second-order valence-electron chi connectivity index (χ2n) is 9.69. The highest BCUT2D eigenvalue weighted by atomic mass is 79.9. The number of carbonyl (C=O) groups is 3. The van der Waals surface area contributed by atoms with Crippen molar-refractivity contribution in [1.82, 2.24) is 4.98 Å². The van der Waals surface area contributed by atoms with Crippen molar-refractivity contribution < 1.29 is 32.3 Å². The van der Waals surface area contributed by atoms with E-state index in [9.17, 15) is 32.3 Å². The maximum atomic E-state index is 13.8. The molecule has 1 saturated heterocycles. The van der Waals surface area contributed by atoms with Crippen molar-refractivity contribution in [3.05, 3.63) is 103 Å². The molecule has 3 amide bonds. The van der Waals surface area contributed by atoms with Gasteiger partial charge >= 0.3 is 11.0 Å². The number of thiazole rings is 1. The minimum absolute atomic E-state index is 0.220. The van der Waals surface area contributed by atoms with E-state index in [0.29, 0.717) is 21.2 Å². The average Bonchev–Trinajstić information content (AvgIpc) is 3.46. The summed E-state index contributed by atoms with van der Waals surface area (Å²) in [5, 5.41) is 1.95. The van der Waals surface area contributed by atoms with Crippen LogP contribution in [0.4, 0.5) is 24.5 Å². The van der Waals surface area contributed by atoms with Crippen LogP contribution < -0.4 is 19.8 Å². The zero-order valence-corrected chi connectivity index (χ0v) is 24.9. The maximum Gasteiger partial charge on any atom is 0.418 e. The van der Waals surface area contributed by atoms with Crippen LogP contribution in [0.25, 0.3) is 0 Å². The third-order valence-electron chi connectivity index (χ3n) is 7.00. The summed E-state index contributed by atoms with van der Waals surface area (Å²) in [6.07, 6.45) is -4.65. The van der Waals surface area contributed by atoms with E-state index in [2.05, 4.69) is 26.2 Å². The van der Waals surface area contributed by atoms with Crippen molar-refractivity contribution in [2.45, 2.75) is 22.4 Å². The first-order chi connectivity index (χ1) is 20.5. The van der Waals surface area contributed by atoms with Gasteiger partial charge < -0.3 is 15.0 Å². The number of aromatic nitrogens is 1. The van der Waals surface area contributed by atoms with Gasteiger partial charge in [-0.2, -0.15) is 13.2 Å². The summed E-state index contributed by atoms with van der Waals surface area (Å²) in [6.45, 7) is -0.584. The number of rotatable bonds is 6. The molecule has 4 aromatic rings. The molecule has 3 aromatic carbocycles. The lowest BCUT2D eigenvalue weighted by Gasteiger charge is -2.30. The fourth-order valence-electron chi connectivity index (χ4n) is 5.19. The SMILES string of the molecule is O=C(COc1cccc(C2c3sc(=O)[nH]c3SC3C(=O)N(c4ccc(Br)cc4)C(=O)C32)c1)Nc1ccccc1C(F)(F)F. The molecule has 0 aliphatic carbocycles. The lowest BCUT2D eigenvalue weighted by molar-refractivity contribution is -0.137. The molecule has 6 rings (SSSR count). The fourth-order valence-corrected chi connectivity index (χ4v) is 7.97. The summed E-state index contributed by atoms with van der Waals surface area (Å²) < 4.78 is 46.3. The molecule has 3 unspecified atom stereocenters. The normalized spacial score (nSPS) is 19.6. The molecule has 0 spiro atoms. The monoisotopic (exact) mass is 689 g/mol. The molecule has 3 heterocycles. The third-order valence-corrected chi connectivity index (χ3v) is 9.93. The van der Waals surface area contributed by atoms with Crippen molar-refractivity contribution >= 4 is 68.1 Å². The highest BCUT2D eigenvalue weighted by Gasteiger charge is 2.56. The Balaban J connectivity index is 1.27. The van der Waals surface area contributed by atoms with Crippen molar-refractivity contribution in [2.24, 2.45) is 5.92 Å². The van der Waals surface area contributed by atoms with E-state index in [-0.39, 0.29) is 10.6 Å². The molecule has 3 atom stereocenters. The minimum Gasteiger partial charge on any atom is -0.484 e. The maximum absolute atomic E-state index is 13.8. The number of halogens is 4. The molecule has 1 fully saturated rings. The lowest BCUT2D eigenvalue weighted by Crippen LogP contribution is -2.32. The van der Waals surface area contributed by atoms with E-state index in [0.717, 1.165) is 39.7 Å². The average molecular weight is 691 g/mol. The Hall–Kier alpha value is -3.88. The summed E-state index contributed by atoms with van der Waals surface area (Å²) >= 11 is 5.46. The van der Waals surface area contributed by atoms with Crippen LogP contribution in [0.2, 0.25) is 0 Å². The molecule has 43 heavy (non-hydrogen) atoms. The van der Waals surface area contributed by atoms with E-state index in [1.807, 2.05) is 0 Å². The highest BCUT2D eigenvalue weighted by molar-refractivity contribution is 9.10. The number of benzene rings is 3. The number of ether oxygens (including phenoxy) is 1. The standard InChI is InChI=1S/C29H19BrF3N3O5S2/c30-15-8-10-16(11-9-15)36-26(38)22-21(23-25(35-28(40)43-23)42-24(22)27(36)39)14-4-3-5-17(12-14)41-13-20(37)34-19-7-2-1-6-18(19)29(31,32)33/h1-12,21-22,24H,13H2,(H,34,37)(H,35,40). The predicted octanol–water partition coefficient (Wildman–Crippen LogP) is 6.03. The largest absolute Gasteiger partial charge is 0.484 e. The number of imide groups is 1. The minimum atomic E-state index is -4.65. The Morgan fingerprint density at radius 2 is 1.74 bits per heavy atom. The van der Waals surface area contributed by atoms with E-state index in [1.54, 1.807) is 48.5 Å². The van der Waals surface area contributed by atoms with Crippen molar-refractivity contribution in [1.29, 1.82) is 0 Å². The Labute approximate surface area is 258 Å². The van der Waals surface area contributed by atoms with Gasteiger partial charge in [0.15, 0.2) is 6.61 Å². The van der Waals surface area contributed by atoms with E-state index < -0.39 is 58.8 Å². The molecule has 14 heteroatoms. The first-order valence-corrected chi connectivity index (χ1v) is 15.2. The molecule has 8 nitrogen and oxygen atoms in total. The number of thioether (sulfide) groups is 1. The molecule has 220 valence electrons. The Morgan fingerprint density at radius 3 is 2.49 bits per heavy atom. The predicted molar refractivity (Wildman–Crippen MR) is 159 cm³/mol. The Kier molecular flexibility index (Phi) is 7.69. The summed E-state index contributed by atoms with van der Waals surface area (Å²) in [6, 6.07) is 18.0. The third kappa shape index (κ3) is 5.61. The van der Waals surface area contributed by atoms with Crippen LogP contribution in [-0.4, -0.2) is 34.6 Å². The summed E-state index contributed by atoms with van der Waals surface area (Å²) in [5.41, 5.74) is -0.369. The number of aromatic amines is 1. The van der Waals surface area contributed by atoms with Gasteiger partial charge in [-0.25, -0.2) is 4.90 Å². The van der Waals surface area contributed by atoms with Gasteiger partial charge in [-0.05, 0) is 54.1 Å². The first-order valence-electron chi connectivity index (χ1n) is 12.7. The second-order valence-corrected chi connectivity index (χ2v) is 12.8. The van der Waals surface area contributed by atoms with Crippen LogP contribution in [0.1, 0.15) is 21.9 Å². The highest BCUT2D eigenvalue weighted by Crippen LogP contribution is 2.53. The van der Waals surface area contributed by atoms with Crippen LogP contribution in [0.15, 0.2) is 87.1 Å².